The smallest absolute Gasteiger partial charge is 0.317 e. The lowest BCUT2D eigenvalue weighted by Crippen LogP contribution is -2.52. The fraction of sp³-hybridized carbons (Fsp3) is 0.571. The lowest BCUT2D eigenvalue weighted by molar-refractivity contribution is 0.0851. The lowest BCUT2D eigenvalue weighted by Gasteiger charge is -2.34. The van der Waals surface area contributed by atoms with Crippen LogP contribution in [0.1, 0.15) is 10.6 Å². The van der Waals surface area contributed by atoms with E-state index >= 15 is 0 Å². The minimum Gasteiger partial charge on any atom is -0.461 e. The summed E-state index contributed by atoms with van der Waals surface area (Å²) in [6.45, 7) is 3.94. The van der Waals surface area contributed by atoms with Crippen LogP contribution in [0.5, 0.6) is 0 Å². The summed E-state index contributed by atoms with van der Waals surface area (Å²) in [5, 5.41) is 2.79. The molecule has 0 atom stereocenters. The summed E-state index contributed by atoms with van der Waals surface area (Å²) in [5.74, 6) is 0.354. The van der Waals surface area contributed by atoms with Crippen LogP contribution in [0, 0.1) is 0 Å². The number of hydrogen-bond acceptors (Lipinski definition) is 5. The Kier molecular flexibility index (Phi) is 5.77. The molecule has 7 nitrogen and oxygen atoms in total. The number of piperazine rings is 1. The molecule has 1 aromatic heterocycles. The number of furan rings is 1. The Morgan fingerprint density at radius 2 is 2.10 bits per heavy atom. The van der Waals surface area contributed by atoms with Crippen molar-refractivity contribution in [1.82, 2.24) is 15.1 Å². The first-order valence-electron chi connectivity index (χ1n) is 7.01. The number of methoxy groups -OCH3 is 1. The van der Waals surface area contributed by atoms with E-state index in [1.807, 2.05) is 4.90 Å². The van der Waals surface area contributed by atoms with Crippen molar-refractivity contribution in [2.45, 2.75) is 0 Å². The Balaban J connectivity index is 1.70. The van der Waals surface area contributed by atoms with Crippen LogP contribution in [-0.2, 0) is 4.74 Å². The number of hydrogen-bond donors (Lipinski definition) is 1. The maximum Gasteiger partial charge on any atom is 0.317 e. The molecule has 0 unspecified atom stereocenters. The third kappa shape index (κ3) is 4.57. The Hall–Kier alpha value is -1.86. The minimum atomic E-state index is -0.0796. The number of rotatable bonds is 6. The van der Waals surface area contributed by atoms with E-state index in [1.165, 1.54) is 6.26 Å². The van der Waals surface area contributed by atoms with Crippen LogP contribution in [-0.4, -0.2) is 74.6 Å². The molecule has 1 aliphatic rings. The first-order valence-corrected chi connectivity index (χ1v) is 7.01. The molecule has 0 saturated carbocycles. The zero-order valence-electron chi connectivity index (χ0n) is 12.2. The first kappa shape index (κ1) is 15.5. The molecule has 1 saturated heterocycles. The van der Waals surface area contributed by atoms with E-state index in [4.69, 9.17) is 9.15 Å². The van der Waals surface area contributed by atoms with Crippen molar-refractivity contribution in [3.05, 3.63) is 24.2 Å². The Bertz CT molecular complexity index is 453. The van der Waals surface area contributed by atoms with Crippen molar-refractivity contribution in [3.8, 4) is 0 Å². The molecule has 0 radical (unpaired) electrons. The second-order valence-corrected chi connectivity index (χ2v) is 4.89. The zero-order valence-corrected chi connectivity index (χ0v) is 12.2. The highest BCUT2D eigenvalue weighted by atomic mass is 16.5. The third-order valence-corrected chi connectivity index (χ3v) is 3.41. The Morgan fingerprint density at radius 3 is 2.71 bits per heavy atom. The topological polar surface area (TPSA) is 75.0 Å². The van der Waals surface area contributed by atoms with Crippen LogP contribution < -0.4 is 5.32 Å². The van der Waals surface area contributed by atoms with Crippen molar-refractivity contribution in [2.75, 3.05) is 53.0 Å². The lowest BCUT2D eigenvalue weighted by atomic mass is 10.2. The van der Waals surface area contributed by atoms with Crippen LogP contribution >= 0.6 is 0 Å². The van der Waals surface area contributed by atoms with Crippen molar-refractivity contribution in [3.63, 3.8) is 0 Å². The molecule has 2 amide bonds. The molecule has 0 bridgehead atoms. The van der Waals surface area contributed by atoms with Gasteiger partial charge in [-0.15, -0.1) is 0 Å². The Morgan fingerprint density at radius 1 is 1.33 bits per heavy atom. The monoisotopic (exact) mass is 295 g/mol. The van der Waals surface area contributed by atoms with E-state index in [1.54, 1.807) is 24.1 Å². The molecule has 0 aromatic carbocycles. The summed E-state index contributed by atoms with van der Waals surface area (Å²) in [4.78, 5) is 27.6. The van der Waals surface area contributed by atoms with Gasteiger partial charge in [0.15, 0.2) is 5.76 Å². The van der Waals surface area contributed by atoms with Crippen molar-refractivity contribution in [2.24, 2.45) is 0 Å². The average molecular weight is 295 g/mol. The predicted octanol–water partition coefficient (Wildman–Crippen LogP) is 0.436. The number of ether oxygens (including phenoxy) is 1. The molecule has 7 heteroatoms. The molecule has 21 heavy (non-hydrogen) atoms. The number of nitrogens with zero attached hydrogens (tertiary/aromatic N) is 2. The molecule has 116 valence electrons. The van der Waals surface area contributed by atoms with Crippen LogP contribution in [0.4, 0.5) is 4.79 Å². The number of Topliss-reactive ketones (excluding diaryl/α,β-unsaturated/α-hetero) is 1. The maximum atomic E-state index is 11.9. The van der Waals surface area contributed by atoms with Gasteiger partial charge in [0.1, 0.15) is 0 Å². The van der Waals surface area contributed by atoms with Gasteiger partial charge >= 0.3 is 6.03 Å². The minimum absolute atomic E-state index is 0.0296. The van der Waals surface area contributed by atoms with Gasteiger partial charge in [-0.1, -0.05) is 0 Å². The van der Waals surface area contributed by atoms with Crippen molar-refractivity contribution < 1.29 is 18.7 Å². The number of carbonyl (C=O) groups excluding carboxylic acids is 2. The molecule has 2 heterocycles. The van der Waals surface area contributed by atoms with Crippen molar-refractivity contribution >= 4 is 11.8 Å². The number of carbonyl (C=O) groups is 2. The summed E-state index contributed by atoms with van der Waals surface area (Å²) in [6.07, 6.45) is 1.50. The van der Waals surface area contributed by atoms with Gasteiger partial charge in [0.2, 0.25) is 5.78 Å². The van der Waals surface area contributed by atoms with E-state index in [2.05, 4.69) is 5.32 Å². The number of nitrogens with one attached hydrogen (secondary N) is 1. The summed E-state index contributed by atoms with van der Waals surface area (Å²) >= 11 is 0. The number of amides is 2. The van der Waals surface area contributed by atoms with Crippen molar-refractivity contribution in [1.29, 1.82) is 0 Å². The second-order valence-electron chi connectivity index (χ2n) is 4.89. The highest BCUT2D eigenvalue weighted by molar-refractivity contribution is 5.95. The predicted molar refractivity (Wildman–Crippen MR) is 76.3 cm³/mol. The highest BCUT2D eigenvalue weighted by Gasteiger charge is 2.23. The first-order chi connectivity index (χ1) is 10.2. The van der Waals surface area contributed by atoms with Crippen LogP contribution in [0.3, 0.4) is 0 Å². The van der Waals surface area contributed by atoms with Gasteiger partial charge in [0.05, 0.1) is 19.4 Å². The highest BCUT2D eigenvalue weighted by Crippen LogP contribution is 2.06. The van der Waals surface area contributed by atoms with Crippen LogP contribution in [0.25, 0.3) is 0 Å². The molecule has 1 fully saturated rings. The molecule has 1 N–H and O–H groups in total. The summed E-state index contributed by atoms with van der Waals surface area (Å²) in [7, 11) is 1.60. The fourth-order valence-corrected chi connectivity index (χ4v) is 2.20. The van der Waals surface area contributed by atoms with Gasteiger partial charge in [0, 0.05) is 39.8 Å². The molecule has 0 spiro atoms. The normalized spacial score (nSPS) is 16.0. The van der Waals surface area contributed by atoms with Gasteiger partial charge < -0.3 is 19.4 Å². The van der Waals surface area contributed by atoms with E-state index < -0.39 is 0 Å². The van der Waals surface area contributed by atoms with E-state index in [0.717, 1.165) is 0 Å². The number of urea groups is 1. The SMILES string of the molecule is COCCNC(=O)N1CCN(CC(=O)c2ccco2)CC1. The summed E-state index contributed by atoms with van der Waals surface area (Å²) in [6, 6.07) is 3.29. The van der Waals surface area contributed by atoms with Gasteiger partial charge in [-0.05, 0) is 12.1 Å². The van der Waals surface area contributed by atoms with Crippen LogP contribution in [0.2, 0.25) is 0 Å². The molecule has 2 rings (SSSR count). The fourth-order valence-electron chi connectivity index (χ4n) is 2.20. The van der Waals surface area contributed by atoms with E-state index in [9.17, 15) is 9.59 Å². The molecule has 1 aliphatic heterocycles. The summed E-state index contributed by atoms with van der Waals surface area (Å²) < 4.78 is 9.98. The molecule has 0 aliphatic carbocycles. The molecular weight excluding hydrogens is 274 g/mol. The largest absolute Gasteiger partial charge is 0.461 e. The third-order valence-electron chi connectivity index (χ3n) is 3.41. The quantitative estimate of drug-likeness (QED) is 0.609. The van der Waals surface area contributed by atoms with Gasteiger partial charge in [-0.25, -0.2) is 4.79 Å². The van der Waals surface area contributed by atoms with Gasteiger partial charge in [-0.2, -0.15) is 0 Å². The van der Waals surface area contributed by atoms with Gasteiger partial charge in [0.25, 0.3) is 0 Å². The van der Waals surface area contributed by atoms with E-state index in [0.29, 0.717) is 51.6 Å². The molecular formula is C14H21N3O4. The van der Waals surface area contributed by atoms with E-state index in [-0.39, 0.29) is 11.8 Å². The zero-order chi connectivity index (χ0) is 15.1. The van der Waals surface area contributed by atoms with Crippen LogP contribution in [0.15, 0.2) is 22.8 Å². The second kappa shape index (κ2) is 7.80. The molecule has 1 aromatic rings. The maximum absolute atomic E-state index is 11.9. The number of ketones is 1. The Labute approximate surface area is 123 Å². The summed E-state index contributed by atoms with van der Waals surface area (Å²) in [5.41, 5.74) is 0. The standard InChI is InChI=1S/C14H21N3O4/c1-20-10-4-15-14(19)17-7-5-16(6-8-17)11-12(18)13-3-2-9-21-13/h2-3,9H,4-8,10-11H2,1H3,(H,15,19). The average Bonchev–Trinajstić information content (AvgIpc) is 3.02. The van der Waals surface area contributed by atoms with Gasteiger partial charge in [-0.3, -0.25) is 9.69 Å².